The van der Waals surface area contributed by atoms with Gasteiger partial charge in [-0.05, 0) is 40.2 Å². The predicted molar refractivity (Wildman–Crippen MR) is 76.3 cm³/mol. The summed E-state index contributed by atoms with van der Waals surface area (Å²) in [6.45, 7) is 0. The van der Waals surface area contributed by atoms with Crippen LogP contribution in [0.3, 0.4) is 0 Å². The van der Waals surface area contributed by atoms with Crippen molar-refractivity contribution in [2.45, 2.75) is 0 Å². The van der Waals surface area contributed by atoms with E-state index in [0.717, 1.165) is 11.0 Å². The molecule has 5 nitrogen and oxygen atoms in total. The molecule has 0 radical (unpaired) electrons. The molecule has 7 heteroatoms. The van der Waals surface area contributed by atoms with Gasteiger partial charge in [0.2, 0.25) is 0 Å². The minimum Gasteiger partial charge on any atom is -0.466 e. The van der Waals surface area contributed by atoms with Crippen molar-refractivity contribution in [1.29, 1.82) is 0 Å². The van der Waals surface area contributed by atoms with Gasteiger partial charge in [-0.3, -0.25) is 0 Å². The van der Waals surface area contributed by atoms with Crippen LogP contribution in [0.4, 0.5) is 0 Å². The van der Waals surface area contributed by atoms with Crippen molar-refractivity contribution < 1.29 is 9.53 Å². The number of methoxy groups -OCH3 is 1. The summed E-state index contributed by atoms with van der Waals surface area (Å²) in [5, 5.41) is 5.20. The summed E-state index contributed by atoms with van der Waals surface area (Å²) in [6.07, 6.45) is 5.25. The maximum atomic E-state index is 11.0. The van der Waals surface area contributed by atoms with Crippen molar-refractivity contribution in [3.8, 4) is 0 Å². The summed E-state index contributed by atoms with van der Waals surface area (Å²) >= 11 is 2.24. The van der Waals surface area contributed by atoms with E-state index >= 15 is 0 Å². The van der Waals surface area contributed by atoms with Crippen molar-refractivity contribution in [1.82, 2.24) is 14.5 Å². The molecule has 2 heterocycles. The first-order chi connectivity index (χ1) is 8.24. The van der Waals surface area contributed by atoms with E-state index in [2.05, 4.69) is 36.9 Å². The van der Waals surface area contributed by atoms with Gasteiger partial charge >= 0.3 is 5.97 Å². The van der Waals surface area contributed by atoms with Gasteiger partial charge in [-0.15, -0.1) is 0 Å². The molecule has 0 fully saturated rings. The van der Waals surface area contributed by atoms with E-state index in [9.17, 15) is 4.79 Å². The standard InChI is InChI=1S/C10H9IN3O2P/c1-16-9(15)5-4-8-3-2-7-6-12-14(17-11)10(7)13-8/h2-6,17H,1H3/b5-4+. The van der Waals surface area contributed by atoms with Crippen LogP contribution < -0.4 is 0 Å². The Kier molecular flexibility index (Phi) is 4.06. The molecule has 0 saturated heterocycles. The summed E-state index contributed by atoms with van der Waals surface area (Å²) in [7, 11) is 1.34. The molecule has 2 aromatic heterocycles. The van der Waals surface area contributed by atoms with E-state index in [-0.39, 0.29) is 0 Å². The first-order valence-electron chi connectivity index (χ1n) is 4.72. The predicted octanol–water partition coefficient (Wildman–Crippen LogP) is 2.41. The molecule has 88 valence electrons. The minimum atomic E-state index is -0.392. The fraction of sp³-hybridized carbons (Fsp3) is 0.100. The number of pyridine rings is 1. The Morgan fingerprint density at radius 2 is 2.41 bits per heavy atom. The van der Waals surface area contributed by atoms with Gasteiger partial charge in [-0.1, -0.05) is 0 Å². The number of aromatic nitrogens is 3. The maximum absolute atomic E-state index is 11.0. The maximum Gasteiger partial charge on any atom is 0.330 e. The summed E-state index contributed by atoms with van der Waals surface area (Å²) in [4.78, 5) is 15.4. The average Bonchev–Trinajstić information content (AvgIpc) is 2.78. The fourth-order valence-electron chi connectivity index (χ4n) is 1.29. The first-order valence-corrected chi connectivity index (χ1v) is 8.78. The summed E-state index contributed by atoms with van der Waals surface area (Å²) in [5.74, 6) is -0.392. The van der Waals surface area contributed by atoms with E-state index in [4.69, 9.17) is 0 Å². The molecular weight excluding hydrogens is 352 g/mol. The van der Waals surface area contributed by atoms with Gasteiger partial charge in [0.15, 0.2) is 5.65 Å². The molecule has 0 spiro atoms. The number of hydrogen-bond donors (Lipinski definition) is 0. The van der Waals surface area contributed by atoms with Crippen LogP contribution in [0.5, 0.6) is 0 Å². The number of esters is 1. The average molecular weight is 361 g/mol. The molecular formula is C10H9IN3O2P. The smallest absolute Gasteiger partial charge is 0.330 e. The highest BCUT2D eigenvalue weighted by Crippen LogP contribution is 2.27. The van der Waals surface area contributed by atoms with Crippen LogP contribution >= 0.6 is 28.4 Å². The summed E-state index contributed by atoms with van der Waals surface area (Å²) in [6, 6.07) is 3.77. The number of rotatable bonds is 3. The van der Waals surface area contributed by atoms with Crippen LogP contribution in [0.25, 0.3) is 17.1 Å². The highest BCUT2D eigenvalue weighted by atomic mass is 127. The number of ether oxygens (including phenoxy) is 1. The molecule has 0 saturated carbocycles. The zero-order valence-corrected chi connectivity index (χ0v) is 12.1. The Morgan fingerprint density at radius 1 is 1.59 bits per heavy atom. The number of carbonyl (C=O) groups excluding carboxylic acids is 1. The molecule has 1 unspecified atom stereocenters. The Bertz CT molecular complexity index is 582. The van der Waals surface area contributed by atoms with E-state index in [0.29, 0.717) is 12.1 Å². The number of fused-ring (bicyclic) bond motifs is 1. The lowest BCUT2D eigenvalue weighted by Crippen LogP contribution is -1.94. The van der Waals surface area contributed by atoms with Gasteiger partial charge in [0.25, 0.3) is 0 Å². The second kappa shape index (κ2) is 5.55. The third-order valence-electron chi connectivity index (χ3n) is 2.11. The molecule has 17 heavy (non-hydrogen) atoms. The Hall–Kier alpha value is -1.01. The minimum absolute atomic E-state index is 0.392. The van der Waals surface area contributed by atoms with Crippen LogP contribution in [0, 0.1) is 0 Å². The third kappa shape index (κ3) is 2.81. The summed E-state index contributed by atoms with van der Waals surface area (Å²) < 4.78 is 6.34. The van der Waals surface area contributed by atoms with E-state index in [1.54, 1.807) is 12.3 Å². The molecule has 2 aromatic rings. The van der Waals surface area contributed by atoms with Crippen molar-refractivity contribution in [2.75, 3.05) is 7.11 Å². The zero-order chi connectivity index (χ0) is 12.3. The van der Waals surface area contributed by atoms with Crippen molar-refractivity contribution in [3.63, 3.8) is 0 Å². The molecule has 0 aromatic carbocycles. The molecule has 0 bridgehead atoms. The molecule has 0 N–H and O–H groups in total. The van der Waals surface area contributed by atoms with E-state index in [1.807, 2.05) is 16.6 Å². The molecule has 0 aliphatic rings. The lowest BCUT2D eigenvalue weighted by atomic mass is 10.3. The van der Waals surface area contributed by atoms with Crippen LogP contribution in [-0.2, 0) is 9.53 Å². The van der Waals surface area contributed by atoms with Crippen molar-refractivity contribution in [3.05, 3.63) is 30.1 Å². The summed E-state index contributed by atoms with van der Waals surface area (Å²) in [5.41, 5.74) is 1.53. The molecule has 1 atom stereocenters. The van der Waals surface area contributed by atoms with Crippen molar-refractivity contribution in [2.24, 2.45) is 0 Å². The second-order valence-corrected chi connectivity index (χ2v) is 5.19. The fourth-order valence-corrected chi connectivity index (χ4v) is 2.71. The SMILES string of the molecule is COC(=O)/C=C/c1ccc2cnn(PI)c2n1. The third-order valence-corrected chi connectivity index (χ3v) is 3.97. The lowest BCUT2D eigenvalue weighted by Gasteiger charge is -1.97. The Labute approximate surface area is 113 Å². The first kappa shape index (κ1) is 12.4. The highest BCUT2D eigenvalue weighted by Gasteiger charge is 2.03. The van der Waals surface area contributed by atoms with E-state index in [1.165, 1.54) is 13.2 Å². The van der Waals surface area contributed by atoms with Gasteiger partial charge in [0, 0.05) is 11.5 Å². The van der Waals surface area contributed by atoms with Gasteiger partial charge < -0.3 is 4.74 Å². The van der Waals surface area contributed by atoms with Crippen LogP contribution in [-0.4, -0.2) is 27.6 Å². The van der Waals surface area contributed by atoms with Crippen LogP contribution in [0.2, 0.25) is 0 Å². The Balaban J connectivity index is 2.36. The second-order valence-electron chi connectivity index (χ2n) is 3.15. The molecule has 0 aliphatic carbocycles. The van der Waals surface area contributed by atoms with Crippen molar-refractivity contribution >= 4 is 51.5 Å². The lowest BCUT2D eigenvalue weighted by molar-refractivity contribution is -0.134. The monoisotopic (exact) mass is 361 g/mol. The van der Waals surface area contributed by atoms with Gasteiger partial charge in [0.1, 0.15) is 0 Å². The highest BCUT2D eigenvalue weighted by molar-refractivity contribution is 14.2. The normalized spacial score (nSPS) is 11.9. The van der Waals surface area contributed by atoms with Crippen LogP contribution in [0.15, 0.2) is 24.4 Å². The van der Waals surface area contributed by atoms with E-state index < -0.39 is 5.97 Å². The largest absolute Gasteiger partial charge is 0.466 e. The molecule has 2 rings (SSSR count). The number of nitrogens with zero attached hydrogens (tertiary/aromatic N) is 3. The Morgan fingerprint density at radius 3 is 3.12 bits per heavy atom. The van der Waals surface area contributed by atoms with Gasteiger partial charge in [0.05, 0.1) is 25.4 Å². The molecule has 0 aliphatic heterocycles. The number of hydrogen-bond acceptors (Lipinski definition) is 4. The quantitative estimate of drug-likeness (QED) is 0.365. The topological polar surface area (TPSA) is 57.0 Å². The van der Waals surface area contributed by atoms with Gasteiger partial charge in [-0.2, -0.15) is 5.10 Å². The number of carbonyl (C=O) groups is 1. The molecule has 0 amide bonds. The number of halogens is 1. The van der Waals surface area contributed by atoms with Crippen LogP contribution in [0.1, 0.15) is 5.69 Å². The van der Waals surface area contributed by atoms with Gasteiger partial charge in [-0.25, -0.2) is 14.2 Å². The zero-order valence-electron chi connectivity index (χ0n) is 8.92.